The fraction of sp³-hybridized carbons (Fsp3) is 0.571. The monoisotopic (exact) mass is 241 g/mol. The molecule has 0 atom stereocenters. The van der Waals surface area contributed by atoms with Gasteiger partial charge in [0.15, 0.2) is 5.75 Å². The van der Waals surface area contributed by atoms with Crippen molar-refractivity contribution >= 4 is 27.6 Å². The van der Waals surface area contributed by atoms with Crippen LogP contribution in [0.1, 0.15) is 0 Å². The molecule has 0 aromatic rings. The summed E-state index contributed by atoms with van der Waals surface area (Å²) < 4.78 is 28.6. The maximum atomic E-state index is 11.1. The van der Waals surface area contributed by atoms with Crippen molar-refractivity contribution in [1.82, 2.24) is 4.72 Å². The number of esters is 1. The zero-order valence-corrected chi connectivity index (χ0v) is 9.27. The van der Waals surface area contributed by atoms with Gasteiger partial charge in [0.05, 0.1) is 7.11 Å². The molecule has 0 unspecified atom stereocenters. The summed E-state index contributed by atoms with van der Waals surface area (Å²) in [5.74, 6) is -1.14. The van der Waals surface area contributed by atoms with Crippen molar-refractivity contribution in [2.24, 2.45) is 0 Å². The first-order chi connectivity index (χ1) is 6.52. The number of alkyl halides is 1. The molecule has 0 amide bonds. The van der Waals surface area contributed by atoms with Gasteiger partial charge in [-0.15, -0.1) is 11.6 Å². The second-order valence-electron chi connectivity index (χ2n) is 2.31. The molecule has 0 heterocycles. The second kappa shape index (κ2) is 6.80. The molecule has 14 heavy (non-hydrogen) atoms. The standard InChI is InChI=1S/C7H12ClNO4S/c1-13-7(10)6-14(11,12)9-5-3-2-4-8/h2-3,9H,4-6H2,1H3/b3-2+. The van der Waals surface area contributed by atoms with E-state index < -0.39 is 21.7 Å². The SMILES string of the molecule is COC(=O)CS(=O)(=O)NC/C=C/CCl. The van der Waals surface area contributed by atoms with Crippen LogP contribution in [0.5, 0.6) is 0 Å². The minimum atomic E-state index is -3.59. The average Bonchev–Trinajstić information content (AvgIpc) is 2.12. The Kier molecular flexibility index (Phi) is 6.52. The van der Waals surface area contributed by atoms with Crippen LogP contribution in [0.15, 0.2) is 12.2 Å². The van der Waals surface area contributed by atoms with E-state index in [2.05, 4.69) is 9.46 Å². The van der Waals surface area contributed by atoms with Crippen LogP contribution < -0.4 is 4.72 Å². The van der Waals surface area contributed by atoms with Crippen LogP contribution in [0.4, 0.5) is 0 Å². The van der Waals surface area contributed by atoms with Gasteiger partial charge < -0.3 is 4.74 Å². The van der Waals surface area contributed by atoms with Crippen LogP contribution >= 0.6 is 11.6 Å². The Morgan fingerprint density at radius 2 is 2.14 bits per heavy atom. The molecule has 82 valence electrons. The van der Waals surface area contributed by atoms with E-state index >= 15 is 0 Å². The lowest BCUT2D eigenvalue weighted by atomic mass is 10.5. The van der Waals surface area contributed by atoms with Gasteiger partial charge in [0.25, 0.3) is 0 Å². The van der Waals surface area contributed by atoms with Gasteiger partial charge in [-0.05, 0) is 0 Å². The molecule has 7 heteroatoms. The predicted octanol–water partition coefficient (Wildman–Crippen LogP) is -0.126. The highest BCUT2D eigenvalue weighted by molar-refractivity contribution is 7.90. The van der Waals surface area contributed by atoms with Crippen molar-refractivity contribution in [3.05, 3.63) is 12.2 Å². The smallest absolute Gasteiger partial charge is 0.322 e. The zero-order chi connectivity index (χ0) is 11.0. The predicted molar refractivity (Wildman–Crippen MR) is 53.7 cm³/mol. The minimum absolute atomic E-state index is 0.117. The highest BCUT2D eigenvalue weighted by Gasteiger charge is 2.14. The van der Waals surface area contributed by atoms with E-state index in [4.69, 9.17) is 11.6 Å². The van der Waals surface area contributed by atoms with Gasteiger partial charge in [0, 0.05) is 12.4 Å². The topological polar surface area (TPSA) is 72.5 Å². The summed E-state index contributed by atoms with van der Waals surface area (Å²) in [6, 6.07) is 0. The molecule has 0 bridgehead atoms. The maximum absolute atomic E-state index is 11.1. The third-order valence-corrected chi connectivity index (χ3v) is 2.61. The molecule has 0 rings (SSSR count). The van der Waals surface area contributed by atoms with E-state index in [-0.39, 0.29) is 6.54 Å². The van der Waals surface area contributed by atoms with Gasteiger partial charge in [-0.25, -0.2) is 13.1 Å². The summed E-state index contributed by atoms with van der Waals surface area (Å²) in [7, 11) is -2.46. The van der Waals surface area contributed by atoms with Crippen molar-refractivity contribution in [2.45, 2.75) is 0 Å². The van der Waals surface area contributed by atoms with Crippen molar-refractivity contribution in [2.75, 3.05) is 25.3 Å². The molecular formula is C7H12ClNO4S. The van der Waals surface area contributed by atoms with Gasteiger partial charge in [-0.1, -0.05) is 12.2 Å². The highest BCUT2D eigenvalue weighted by Crippen LogP contribution is 1.86. The first kappa shape index (κ1) is 13.4. The quantitative estimate of drug-likeness (QED) is 0.400. The Hall–Kier alpha value is -0.590. The van der Waals surface area contributed by atoms with Gasteiger partial charge >= 0.3 is 5.97 Å². The van der Waals surface area contributed by atoms with Crippen LogP contribution in [0.25, 0.3) is 0 Å². The largest absolute Gasteiger partial charge is 0.468 e. The first-order valence-electron chi connectivity index (χ1n) is 3.77. The first-order valence-corrected chi connectivity index (χ1v) is 5.95. The minimum Gasteiger partial charge on any atom is -0.468 e. The number of ether oxygens (including phenoxy) is 1. The van der Waals surface area contributed by atoms with Crippen LogP contribution in [0, 0.1) is 0 Å². The molecular weight excluding hydrogens is 230 g/mol. The number of hydrogen-bond acceptors (Lipinski definition) is 4. The van der Waals surface area contributed by atoms with Crippen LogP contribution in [0.2, 0.25) is 0 Å². The lowest BCUT2D eigenvalue weighted by molar-refractivity contribution is -0.137. The molecule has 0 saturated carbocycles. The molecule has 1 N–H and O–H groups in total. The molecule has 0 fully saturated rings. The van der Waals surface area contributed by atoms with Gasteiger partial charge in [-0.2, -0.15) is 0 Å². The number of carbonyl (C=O) groups is 1. The fourth-order valence-electron chi connectivity index (χ4n) is 0.587. The van der Waals surface area contributed by atoms with Gasteiger partial charge in [-0.3, -0.25) is 4.79 Å². The lowest BCUT2D eigenvalue weighted by Crippen LogP contribution is -2.30. The zero-order valence-electron chi connectivity index (χ0n) is 7.70. The summed E-state index contributed by atoms with van der Waals surface area (Å²) in [5, 5.41) is 0. The number of rotatable bonds is 6. The highest BCUT2D eigenvalue weighted by atomic mass is 35.5. The van der Waals surface area contributed by atoms with Crippen molar-refractivity contribution in [3.8, 4) is 0 Å². The van der Waals surface area contributed by atoms with Gasteiger partial charge in [0.2, 0.25) is 10.0 Å². The number of sulfonamides is 1. The summed E-state index contributed by atoms with van der Waals surface area (Å²) in [4.78, 5) is 10.6. The van der Waals surface area contributed by atoms with Crippen molar-refractivity contribution in [1.29, 1.82) is 0 Å². The second-order valence-corrected chi connectivity index (χ2v) is 4.42. The van der Waals surface area contributed by atoms with Crippen LogP contribution in [-0.4, -0.2) is 39.7 Å². The van der Waals surface area contributed by atoms with Gasteiger partial charge in [0.1, 0.15) is 0 Å². The number of methoxy groups -OCH3 is 1. The molecule has 0 spiro atoms. The number of hydrogen-bond donors (Lipinski definition) is 1. The summed E-state index contributed by atoms with van der Waals surface area (Å²) in [5.41, 5.74) is 0. The summed E-state index contributed by atoms with van der Waals surface area (Å²) in [6.07, 6.45) is 3.16. The van der Waals surface area contributed by atoms with E-state index in [0.29, 0.717) is 5.88 Å². The third-order valence-electron chi connectivity index (χ3n) is 1.21. The molecule has 0 aromatic carbocycles. The Labute approximate surface area is 88.1 Å². The molecule has 0 aliphatic carbocycles. The number of allylic oxidation sites excluding steroid dienone is 1. The third kappa shape index (κ3) is 6.88. The van der Waals surface area contributed by atoms with E-state index in [1.54, 1.807) is 12.2 Å². The lowest BCUT2D eigenvalue weighted by Gasteiger charge is -2.02. The Morgan fingerprint density at radius 3 is 2.64 bits per heavy atom. The van der Waals surface area contributed by atoms with Crippen LogP contribution in [0.3, 0.4) is 0 Å². The molecule has 0 aromatic heterocycles. The Morgan fingerprint density at radius 1 is 1.50 bits per heavy atom. The van der Waals surface area contributed by atoms with Crippen LogP contribution in [-0.2, 0) is 19.6 Å². The van der Waals surface area contributed by atoms with E-state index in [0.717, 1.165) is 7.11 Å². The average molecular weight is 242 g/mol. The van der Waals surface area contributed by atoms with E-state index in [1.165, 1.54) is 0 Å². The summed E-state index contributed by atoms with van der Waals surface area (Å²) >= 11 is 5.32. The number of nitrogens with one attached hydrogen (secondary N) is 1. The normalized spacial score (nSPS) is 11.9. The number of halogens is 1. The van der Waals surface area contributed by atoms with E-state index in [9.17, 15) is 13.2 Å². The molecule has 0 aliphatic rings. The summed E-state index contributed by atoms with van der Waals surface area (Å²) in [6.45, 7) is 0.117. The Bertz CT molecular complexity index is 299. The van der Waals surface area contributed by atoms with Crippen molar-refractivity contribution in [3.63, 3.8) is 0 Å². The molecule has 0 saturated heterocycles. The van der Waals surface area contributed by atoms with Crippen molar-refractivity contribution < 1.29 is 17.9 Å². The number of carbonyl (C=O) groups excluding carboxylic acids is 1. The molecule has 0 aliphatic heterocycles. The Balaban J connectivity index is 3.96. The maximum Gasteiger partial charge on any atom is 0.322 e. The fourth-order valence-corrected chi connectivity index (χ4v) is 1.59. The molecule has 0 radical (unpaired) electrons. The molecule has 5 nitrogen and oxygen atoms in total. The van der Waals surface area contributed by atoms with E-state index in [1.807, 2.05) is 0 Å².